The van der Waals surface area contributed by atoms with Gasteiger partial charge in [0.15, 0.2) is 0 Å². The summed E-state index contributed by atoms with van der Waals surface area (Å²) in [6.07, 6.45) is 0. The maximum absolute atomic E-state index is 13.4. The first kappa shape index (κ1) is 19.5. The highest BCUT2D eigenvalue weighted by Gasteiger charge is 2.37. The molecule has 30 heavy (non-hydrogen) atoms. The van der Waals surface area contributed by atoms with Gasteiger partial charge in [-0.3, -0.25) is 9.59 Å². The number of rotatable bonds is 6. The quantitative estimate of drug-likeness (QED) is 0.676. The molecule has 2 amide bonds. The SMILES string of the molecule is COc1cc(NC(=O)[C@@H](c2ccccc2)N2Cc3ccccc3C2=O)cc(OC)c1. The second kappa shape index (κ2) is 8.29. The van der Waals surface area contributed by atoms with Gasteiger partial charge in [0.1, 0.15) is 17.5 Å². The Balaban J connectivity index is 1.68. The van der Waals surface area contributed by atoms with E-state index in [0.717, 1.165) is 11.1 Å². The number of nitrogens with zero attached hydrogens (tertiary/aromatic N) is 1. The maximum atomic E-state index is 13.4. The second-order valence-electron chi connectivity index (χ2n) is 6.99. The number of carbonyl (C=O) groups is 2. The standard InChI is InChI=1S/C24H22N2O4/c1-29-19-12-18(13-20(14-19)30-2)25-23(27)22(16-8-4-3-5-9-16)26-15-17-10-6-7-11-21(17)24(26)28/h3-14,22H,15H2,1-2H3,(H,25,27)/t22-/m1/s1. The highest BCUT2D eigenvalue weighted by molar-refractivity contribution is 6.04. The van der Waals surface area contributed by atoms with Crippen molar-refractivity contribution in [1.82, 2.24) is 4.90 Å². The Morgan fingerprint density at radius 3 is 2.20 bits per heavy atom. The molecule has 0 fully saturated rings. The summed E-state index contributed by atoms with van der Waals surface area (Å²) in [5.74, 6) is 0.659. The minimum absolute atomic E-state index is 0.155. The zero-order chi connectivity index (χ0) is 21.1. The molecule has 0 bridgehead atoms. The summed E-state index contributed by atoms with van der Waals surface area (Å²) in [6, 6.07) is 21.1. The van der Waals surface area contributed by atoms with Gasteiger partial charge in [-0.15, -0.1) is 0 Å². The smallest absolute Gasteiger partial charge is 0.255 e. The fourth-order valence-corrected chi connectivity index (χ4v) is 3.68. The van der Waals surface area contributed by atoms with Crippen LogP contribution in [0.3, 0.4) is 0 Å². The van der Waals surface area contributed by atoms with Gasteiger partial charge in [-0.25, -0.2) is 0 Å². The molecular weight excluding hydrogens is 380 g/mol. The van der Waals surface area contributed by atoms with Gasteiger partial charge in [-0.2, -0.15) is 0 Å². The molecule has 3 aromatic carbocycles. The Labute approximate surface area is 175 Å². The van der Waals surface area contributed by atoms with Crippen LogP contribution in [0.5, 0.6) is 11.5 Å². The molecule has 3 aromatic rings. The van der Waals surface area contributed by atoms with Gasteiger partial charge in [-0.05, 0) is 17.2 Å². The van der Waals surface area contributed by atoms with Crippen molar-refractivity contribution in [3.05, 3.63) is 89.5 Å². The number of ether oxygens (including phenoxy) is 2. The van der Waals surface area contributed by atoms with E-state index in [4.69, 9.17) is 9.47 Å². The van der Waals surface area contributed by atoms with Gasteiger partial charge in [0, 0.05) is 36.0 Å². The number of amides is 2. The van der Waals surface area contributed by atoms with E-state index in [9.17, 15) is 9.59 Å². The maximum Gasteiger partial charge on any atom is 0.255 e. The summed E-state index contributed by atoms with van der Waals surface area (Å²) >= 11 is 0. The number of benzene rings is 3. The van der Waals surface area contributed by atoms with Gasteiger partial charge in [0.25, 0.3) is 11.8 Å². The summed E-state index contributed by atoms with van der Waals surface area (Å²) in [7, 11) is 3.10. The number of fused-ring (bicyclic) bond motifs is 1. The monoisotopic (exact) mass is 402 g/mol. The van der Waals surface area contributed by atoms with E-state index < -0.39 is 6.04 Å². The van der Waals surface area contributed by atoms with Gasteiger partial charge in [-0.1, -0.05) is 48.5 Å². The first-order valence-electron chi connectivity index (χ1n) is 9.58. The third-order valence-corrected chi connectivity index (χ3v) is 5.14. The van der Waals surface area contributed by atoms with Gasteiger partial charge >= 0.3 is 0 Å². The van der Waals surface area contributed by atoms with Crippen molar-refractivity contribution in [3.8, 4) is 11.5 Å². The Morgan fingerprint density at radius 1 is 0.933 bits per heavy atom. The van der Waals surface area contributed by atoms with Crippen LogP contribution >= 0.6 is 0 Å². The summed E-state index contributed by atoms with van der Waals surface area (Å²) in [5.41, 5.74) is 2.82. The average molecular weight is 402 g/mol. The average Bonchev–Trinajstić information content (AvgIpc) is 3.10. The molecule has 0 saturated carbocycles. The molecule has 1 aliphatic rings. The molecule has 1 aliphatic heterocycles. The third kappa shape index (κ3) is 3.72. The number of nitrogens with one attached hydrogen (secondary N) is 1. The van der Waals surface area contributed by atoms with E-state index in [2.05, 4.69) is 5.32 Å². The molecule has 152 valence electrons. The largest absolute Gasteiger partial charge is 0.497 e. The van der Waals surface area contributed by atoms with E-state index >= 15 is 0 Å². The van der Waals surface area contributed by atoms with E-state index in [0.29, 0.717) is 29.3 Å². The Hall–Kier alpha value is -3.80. The van der Waals surface area contributed by atoms with Crippen molar-refractivity contribution >= 4 is 17.5 Å². The lowest BCUT2D eigenvalue weighted by atomic mass is 10.0. The third-order valence-electron chi connectivity index (χ3n) is 5.14. The van der Waals surface area contributed by atoms with Crippen LogP contribution in [0.15, 0.2) is 72.8 Å². The van der Waals surface area contributed by atoms with Crippen LogP contribution in [0.2, 0.25) is 0 Å². The van der Waals surface area contributed by atoms with Gasteiger partial charge in [0.2, 0.25) is 0 Å². The first-order valence-corrected chi connectivity index (χ1v) is 9.58. The van der Waals surface area contributed by atoms with Crippen LogP contribution in [-0.4, -0.2) is 30.9 Å². The van der Waals surface area contributed by atoms with E-state index in [1.807, 2.05) is 48.5 Å². The van der Waals surface area contributed by atoms with Crippen LogP contribution in [-0.2, 0) is 11.3 Å². The van der Waals surface area contributed by atoms with Crippen molar-refractivity contribution < 1.29 is 19.1 Å². The molecule has 0 spiro atoms. The van der Waals surface area contributed by atoms with Crippen LogP contribution in [0.4, 0.5) is 5.69 Å². The lowest BCUT2D eigenvalue weighted by molar-refractivity contribution is -0.120. The van der Waals surface area contributed by atoms with E-state index in [-0.39, 0.29) is 11.8 Å². The summed E-state index contributed by atoms with van der Waals surface area (Å²) in [5, 5.41) is 2.92. The molecule has 0 aliphatic carbocycles. The lowest BCUT2D eigenvalue weighted by Crippen LogP contribution is -2.37. The number of methoxy groups -OCH3 is 2. The Bertz CT molecular complexity index is 1060. The Kier molecular flexibility index (Phi) is 5.39. The number of hydrogen-bond donors (Lipinski definition) is 1. The highest BCUT2D eigenvalue weighted by Crippen LogP contribution is 2.33. The van der Waals surface area contributed by atoms with Crippen molar-refractivity contribution in [2.75, 3.05) is 19.5 Å². The predicted molar refractivity (Wildman–Crippen MR) is 114 cm³/mol. The van der Waals surface area contributed by atoms with Gasteiger partial charge < -0.3 is 19.7 Å². The predicted octanol–water partition coefficient (Wildman–Crippen LogP) is 4.04. The molecule has 0 radical (unpaired) electrons. The zero-order valence-electron chi connectivity index (χ0n) is 16.8. The molecule has 1 atom stereocenters. The lowest BCUT2D eigenvalue weighted by Gasteiger charge is -2.27. The van der Waals surface area contributed by atoms with Crippen molar-refractivity contribution in [3.63, 3.8) is 0 Å². The topological polar surface area (TPSA) is 67.9 Å². The van der Waals surface area contributed by atoms with E-state index in [1.54, 1.807) is 43.4 Å². The molecule has 6 heteroatoms. The zero-order valence-corrected chi connectivity index (χ0v) is 16.8. The number of carbonyl (C=O) groups excluding carboxylic acids is 2. The van der Waals surface area contributed by atoms with Crippen LogP contribution in [0.1, 0.15) is 27.5 Å². The minimum atomic E-state index is -0.775. The molecule has 0 unspecified atom stereocenters. The van der Waals surface area contributed by atoms with Crippen LogP contribution in [0, 0.1) is 0 Å². The van der Waals surface area contributed by atoms with Gasteiger partial charge in [0.05, 0.1) is 14.2 Å². The number of hydrogen-bond acceptors (Lipinski definition) is 4. The fraction of sp³-hybridized carbons (Fsp3) is 0.167. The molecule has 0 aromatic heterocycles. The van der Waals surface area contributed by atoms with Crippen LogP contribution < -0.4 is 14.8 Å². The molecular formula is C24H22N2O4. The molecule has 1 heterocycles. The fourth-order valence-electron chi connectivity index (χ4n) is 3.68. The van der Waals surface area contributed by atoms with Crippen molar-refractivity contribution in [1.29, 1.82) is 0 Å². The summed E-state index contributed by atoms with van der Waals surface area (Å²) < 4.78 is 10.6. The number of anilines is 1. The highest BCUT2D eigenvalue weighted by atomic mass is 16.5. The Morgan fingerprint density at radius 2 is 1.57 bits per heavy atom. The van der Waals surface area contributed by atoms with Crippen molar-refractivity contribution in [2.45, 2.75) is 12.6 Å². The molecule has 0 saturated heterocycles. The van der Waals surface area contributed by atoms with Crippen LogP contribution in [0.25, 0.3) is 0 Å². The minimum Gasteiger partial charge on any atom is -0.497 e. The molecule has 6 nitrogen and oxygen atoms in total. The first-order chi connectivity index (χ1) is 14.6. The second-order valence-corrected chi connectivity index (χ2v) is 6.99. The van der Waals surface area contributed by atoms with Crippen molar-refractivity contribution in [2.24, 2.45) is 0 Å². The molecule has 4 rings (SSSR count). The molecule has 1 N–H and O–H groups in total. The normalized spacial score (nSPS) is 13.5. The summed E-state index contributed by atoms with van der Waals surface area (Å²) in [6.45, 7) is 0.378. The van der Waals surface area contributed by atoms with E-state index in [1.165, 1.54) is 0 Å². The summed E-state index contributed by atoms with van der Waals surface area (Å²) in [4.78, 5) is 28.1.